The fraction of sp³-hybridized carbons (Fsp3) is 0.750. The van der Waals surface area contributed by atoms with Crippen LogP contribution in [0.4, 0.5) is 0 Å². The molecule has 1 heterocycles. The van der Waals surface area contributed by atoms with Gasteiger partial charge in [-0.3, -0.25) is 0 Å². The monoisotopic (exact) mass is 223 g/mol. The minimum absolute atomic E-state index is 0.0979. The van der Waals surface area contributed by atoms with Gasteiger partial charge in [0.15, 0.2) is 5.82 Å². The molecule has 4 heteroatoms. The molecule has 1 unspecified atom stereocenters. The minimum atomic E-state index is -0.0979. The van der Waals surface area contributed by atoms with Crippen LogP contribution in [0.2, 0.25) is 0 Å². The van der Waals surface area contributed by atoms with Crippen molar-refractivity contribution in [3.63, 3.8) is 0 Å². The summed E-state index contributed by atoms with van der Waals surface area (Å²) in [7, 11) is 1.62. The van der Waals surface area contributed by atoms with Gasteiger partial charge in [0.2, 0.25) is 5.88 Å². The summed E-state index contributed by atoms with van der Waals surface area (Å²) in [5.41, 5.74) is 0.710. The maximum atomic E-state index is 5.29. The number of hydrogen-bond donors (Lipinski definition) is 0. The quantitative estimate of drug-likeness (QED) is 0.790. The SMILES string of the molecule is CCC(C)c1nnc(C(C)(C)C)c(OC)n1. The lowest BCUT2D eigenvalue weighted by atomic mass is 9.92. The van der Waals surface area contributed by atoms with Crippen LogP contribution in [0, 0.1) is 0 Å². The molecule has 0 aliphatic heterocycles. The molecule has 1 atom stereocenters. The van der Waals surface area contributed by atoms with Crippen molar-refractivity contribution >= 4 is 0 Å². The van der Waals surface area contributed by atoms with Gasteiger partial charge in [-0.25, -0.2) is 0 Å². The van der Waals surface area contributed by atoms with Crippen LogP contribution in [0.15, 0.2) is 0 Å². The molecule has 0 aliphatic rings. The number of ether oxygens (including phenoxy) is 1. The van der Waals surface area contributed by atoms with Gasteiger partial charge >= 0.3 is 0 Å². The second kappa shape index (κ2) is 4.76. The van der Waals surface area contributed by atoms with Crippen molar-refractivity contribution in [2.45, 2.75) is 52.4 Å². The topological polar surface area (TPSA) is 47.9 Å². The molecule has 1 rings (SSSR count). The predicted molar refractivity (Wildman–Crippen MR) is 63.8 cm³/mol. The first kappa shape index (κ1) is 12.9. The minimum Gasteiger partial charge on any atom is -0.480 e. The fourth-order valence-electron chi connectivity index (χ4n) is 1.33. The van der Waals surface area contributed by atoms with Crippen molar-refractivity contribution in [3.8, 4) is 5.88 Å². The highest BCUT2D eigenvalue weighted by Crippen LogP contribution is 2.28. The molecule has 0 fully saturated rings. The zero-order valence-corrected chi connectivity index (χ0v) is 11.0. The summed E-state index contributed by atoms with van der Waals surface area (Å²) in [5.74, 6) is 1.67. The summed E-state index contributed by atoms with van der Waals surface area (Å²) >= 11 is 0. The second-order valence-electron chi connectivity index (χ2n) is 5.09. The first-order valence-corrected chi connectivity index (χ1v) is 5.69. The molecule has 0 aromatic carbocycles. The van der Waals surface area contributed by atoms with Crippen LogP contribution < -0.4 is 4.74 Å². The Morgan fingerprint density at radius 1 is 1.25 bits per heavy atom. The zero-order chi connectivity index (χ0) is 12.3. The average Bonchev–Trinajstić information content (AvgIpc) is 2.25. The van der Waals surface area contributed by atoms with E-state index in [4.69, 9.17) is 4.74 Å². The molecule has 0 radical (unpaired) electrons. The van der Waals surface area contributed by atoms with E-state index in [1.807, 2.05) is 0 Å². The Hall–Kier alpha value is -1.19. The molecule has 0 spiro atoms. The number of rotatable bonds is 3. The molecule has 90 valence electrons. The van der Waals surface area contributed by atoms with Crippen LogP contribution in [0.1, 0.15) is 58.5 Å². The third-order valence-electron chi connectivity index (χ3n) is 2.63. The van der Waals surface area contributed by atoms with Crippen LogP contribution in [0.5, 0.6) is 5.88 Å². The highest BCUT2D eigenvalue weighted by atomic mass is 16.5. The van der Waals surface area contributed by atoms with E-state index >= 15 is 0 Å². The molecule has 0 aliphatic carbocycles. The van der Waals surface area contributed by atoms with Gasteiger partial charge in [-0.2, -0.15) is 4.98 Å². The van der Waals surface area contributed by atoms with Crippen LogP contribution >= 0.6 is 0 Å². The first-order chi connectivity index (χ1) is 7.40. The molecule has 0 saturated carbocycles. The molecule has 16 heavy (non-hydrogen) atoms. The van der Waals surface area contributed by atoms with E-state index < -0.39 is 0 Å². The smallest absolute Gasteiger partial charge is 0.239 e. The van der Waals surface area contributed by atoms with Gasteiger partial charge in [-0.15, -0.1) is 10.2 Å². The van der Waals surface area contributed by atoms with Crippen LogP contribution in [-0.4, -0.2) is 22.3 Å². The molecule has 0 amide bonds. The lowest BCUT2D eigenvalue weighted by molar-refractivity contribution is 0.366. The van der Waals surface area contributed by atoms with Gasteiger partial charge in [0.05, 0.1) is 7.11 Å². The highest BCUT2D eigenvalue weighted by Gasteiger charge is 2.23. The van der Waals surface area contributed by atoms with Crippen LogP contribution in [-0.2, 0) is 5.41 Å². The molecule has 0 bridgehead atoms. The molecular formula is C12H21N3O. The summed E-state index contributed by atoms with van der Waals surface area (Å²) in [6.45, 7) is 10.4. The lowest BCUT2D eigenvalue weighted by Gasteiger charge is -2.19. The van der Waals surface area contributed by atoms with E-state index in [2.05, 4.69) is 49.8 Å². The summed E-state index contributed by atoms with van der Waals surface area (Å²) in [6.07, 6.45) is 1.000. The largest absolute Gasteiger partial charge is 0.480 e. The normalized spacial score (nSPS) is 13.6. The molecule has 0 N–H and O–H groups in total. The van der Waals surface area contributed by atoms with E-state index in [0.29, 0.717) is 11.8 Å². The summed E-state index contributed by atoms with van der Waals surface area (Å²) < 4.78 is 5.29. The van der Waals surface area contributed by atoms with Gasteiger partial charge in [0.1, 0.15) is 5.69 Å². The third kappa shape index (κ3) is 2.68. The average molecular weight is 223 g/mol. The van der Waals surface area contributed by atoms with Gasteiger partial charge in [-0.1, -0.05) is 34.6 Å². The van der Waals surface area contributed by atoms with Crippen molar-refractivity contribution < 1.29 is 4.74 Å². The van der Waals surface area contributed by atoms with Crippen molar-refractivity contribution in [1.29, 1.82) is 0 Å². The van der Waals surface area contributed by atoms with Crippen LogP contribution in [0.25, 0.3) is 0 Å². The predicted octanol–water partition coefficient (Wildman–Crippen LogP) is 2.69. The fourth-order valence-corrected chi connectivity index (χ4v) is 1.33. The Balaban J connectivity index is 3.17. The van der Waals surface area contributed by atoms with E-state index in [1.165, 1.54) is 0 Å². The Morgan fingerprint density at radius 3 is 2.31 bits per heavy atom. The number of nitrogens with zero attached hydrogens (tertiary/aromatic N) is 3. The molecule has 4 nitrogen and oxygen atoms in total. The van der Waals surface area contributed by atoms with Crippen molar-refractivity contribution in [2.24, 2.45) is 0 Å². The molecular weight excluding hydrogens is 202 g/mol. The lowest BCUT2D eigenvalue weighted by Crippen LogP contribution is -2.18. The Labute approximate surface area is 97.5 Å². The van der Waals surface area contributed by atoms with E-state index in [1.54, 1.807) is 7.11 Å². The Kier molecular flexibility index (Phi) is 3.83. The van der Waals surface area contributed by atoms with Gasteiger partial charge < -0.3 is 4.74 Å². The third-order valence-corrected chi connectivity index (χ3v) is 2.63. The van der Waals surface area contributed by atoms with E-state index in [0.717, 1.165) is 17.9 Å². The summed E-state index contributed by atoms with van der Waals surface area (Å²) in [4.78, 5) is 4.43. The van der Waals surface area contributed by atoms with Crippen molar-refractivity contribution in [1.82, 2.24) is 15.2 Å². The standard InChI is InChI=1S/C12H21N3O/c1-7-8(2)10-13-11(16-6)9(14-15-10)12(3,4)5/h8H,7H2,1-6H3. The number of methoxy groups -OCH3 is 1. The summed E-state index contributed by atoms with van der Waals surface area (Å²) in [6, 6.07) is 0. The number of aromatic nitrogens is 3. The van der Waals surface area contributed by atoms with E-state index in [9.17, 15) is 0 Å². The molecule has 0 saturated heterocycles. The molecule has 1 aromatic heterocycles. The van der Waals surface area contributed by atoms with Crippen molar-refractivity contribution in [2.75, 3.05) is 7.11 Å². The van der Waals surface area contributed by atoms with E-state index in [-0.39, 0.29) is 5.41 Å². The van der Waals surface area contributed by atoms with Gasteiger partial charge in [0, 0.05) is 11.3 Å². The number of hydrogen-bond acceptors (Lipinski definition) is 4. The molecule has 1 aromatic rings. The van der Waals surface area contributed by atoms with Gasteiger partial charge in [0.25, 0.3) is 0 Å². The van der Waals surface area contributed by atoms with Crippen LogP contribution in [0.3, 0.4) is 0 Å². The van der Waals surface area contributed by atoms with Crippen molar-refractivity contribution in [3.05, 3.63) is 11.5 Å². The zero-order valence-electron chi connectivity index (χ0n) is 11.0. The second-order valence-corrected chi connectivity index (χ2v) is 5.09. The highest BCUT2D eigenvalue weighted by molar-refractivity contribution is 5.24. The maximum absolute atomic E-state index is 5.29. The Morgan fingerprint density at radius 2 is 1.88 bits per heavy atom. The van der Waals surface area contributed by atoms with Gasteiger partial charge in [-0.05, 0) is 6.42 Å². The summed E-state index contributed by atoms with van der Waals surface area (Å²) in [5, 5.41) is 8.44. The maximum Gasteiger partial charge on any atom is 0.239 e. The first-order valence-electron chi connectivity index (χ1n) is 5.69. The Bertz CT molecular complexity index is 358.